The molecule has 1 saturated carbocycles. The summed E-state index contributed by atoms with van der Waals surface area (Å²) in [5.41, 5.74) is 8.60. The van der Waals surface area contributed by atoms with E-state index in [4.69, 9.17) is 5.73 Å². The Hall–Kier alpha value is -1.13. The number of halogens is 1. The van der Waals surface area contributed by atoms with Gasteiger partial charge in [-0.05, 0) is 52.5 Å². The average Bonchev–Trinajstić information content (AvgIpc) is 2.76. The van der Waals surface area contributed by atoms with Gasteiger partial charge in [-0.3, -0.25) is 0 Å². The molecule has 1 fully saturated rings. The van der Waals surface area contributed by atoms with E-state index in [9.17, 15) is 0 Å². The quantitative estimate of drug-likeness (QED) is 0.947. The average molecular weight is 306 g/mol. The van der Waals surface area contributed by atoms with Gasteiger partial charge in [-0.1, -0.05) is 18.6 Å². The maximum atomic E-state index is 5.93. The van der Waals surface area contributed by atoms with E-state index in [0.29, 0.717) is 0 Å². The Bertz CT molecular complexity index is 535. The number of aromatic nitrogens is 2. The van der Waals surface area contributed by atoms with Crippen molar-refractivity contribution in [2.24, 2.45) is 5.73 Å². The van der Waals surface area contributed by atoms with Crippen molar-refractivity contribution in [2.45, 2.75) is 24.7 Å². The smallest absolute Gasteiger partial charge is 0.109 e. The Morgan fingerprint density at radius 3 is 2.39 bits per heavy atom. The molecule has 1 aromatic heterocycles. The molecule has 1 aliphatic rings. The molecule has 0 aliphatic heterocycles. The lowest BCUT2D eigenvalue weighted by molar-refractivity contribution is 0.253. The van der Waals surface area contributed by atoms with E-state index < -0.39 is 0 Å². The minimum Gasteiger partial charge on any atom is -0.330 e. The van der Waals surface area contributed by atoms with Gasteiger partial charge in [0.1, 0.15) is 4.60 Å². The van der Waals surface area contributed by atoms with Gasteiger partial charge < -0.3 is 5.73 Å². The predicted molar refractivity (Wildman–Crippen MR) is 75.8 cm³/mol. The summed E-state index contributed by atoms with van der Waals surface area (Å²) < 4.78 is 2.84. The molecule has 4 heteroatoms. The van der Waals surface area contributed by atoms with Crippen molar-refractivity contribution >= 4 is 15.9 Å². The molecule has 1 aliphatic carbocycles. The lowest BCUT2D eigenvalue weighted by atomic mass is 9.64. The molecule has 1 heterocycles. The van der Waals surface area contributed by atoms with E-state index in [1.807, 2.05) is 10.7 Å². The van der Waals surface area contributed by atoms with Crippen molar-refractivity contribution in [1.29, 1.82) is 0 Å². The molecule has 0 amide bonds. The summed E-state index contributed by atoms with van der Waals surface area (Å²) in [5, 5.41) is 4.28. The molecule has 18 heavy (non-hydrogen) atoms. The maximum Gasteiger partial charge on any atom is 0.109 e. The van der Waals surface area contributed by atoms with Crippen molar-refractivity contribution in [2.75, 3.05) is 6.54 Å². The van der Waals surface area contributed by atoms with E-state index in [-0.39, 0.29) is 5.41 Å². The number of hydrogen-bond donors (Lipinski definition) is 1. The van der Waals surface area contributed by atoms with Gasteiger partial charge in [0.2, 0.25) is 0 Å². The fourth-order valence-corrected chi connectivity index (χ4v) is 3.06. The first kappa shape index (κ1) is 11.9. The summed E-state index contributed by atoms with van der Waals surface area (Å²) >= 11 is 3.48. The highest BCUT2D eigenvalue weighted by molar-refractivity contribution is 9.10. The molecule has 2 N–H and O–H groups in total. The molecule has 2 aromatic rings. The first-order chi connectivity index (χ1) is 8.75. The van der Waals surface area contributed by atoms with Crippen molar-refractivity contribution < 1.29 is 0 Å². The zero-order chi connectivity index (χ0) is 12.6. The van der Waals surface area contributed by atoms with Crippen molar-refractivity contribution in [3.05, 3.63) is 46.7 Å². The molecule has 0 bridgehead atoms. The molecule has 0 spiro atoms. The highest BCUT2D eigenvalue weighted by Gasteiger charge is 2.37. The number of nitrogens with zero attached hydrogens (tertiary/aromatic N) is 2. The maximum absolute atomic E-state index is 5.93. The minimum absolute atomic E-state index is 0.236. The topological polar surface area (TPSA) is 43.8 Å². The first-order valence-electron chi connectivity index (χ1n) is 6.26. The predicted octanol–water partition coefficient (Wildman–Crippen LogP) is 3.02. The Labute approximate surface area is 115 Å². The van der Waals surface area contributed by atoms with Gasteiger partial charge in [0.15, 0.2) is 0 Å². The van der Waals surface area contributed by atoms with Crippen molar-refractivity contribution in [1.82, 2.24) is 9.78 Å². The standard InChI is InChI=1S/C14H16BrN3/c15-13-6-9-17-18(13)12-4-2-11(3-5-12)14(10-16)7-1-8-14/h2-6,9H,1,7-8,10,16H2. The number of nitrogens with two attached hydrogens (primary N) is 1. The van der Waals surface area contributed by atoms with E-state index in [1.54, 1.807) is 6.20 Å². The molecular formula is C14H16BrN3. The van der Waals surface area contributed by atoms with Crippen LogP contribution in [0.1, 0.15) is 24.8 Å². The van der Waals surface area contributed by atoms with Gasteiger partial charge in [0, 0.05) is 12.0 Å². The molecule has 0 radical (unpaired) electrons. The van der Waals surface area contributed by atoms with Crippen molar-refractivity contribution in [3.8, 4) is 5.69 Å². The van der Waals surface area contributed by atoms with Crippen LogP contribution in [0, 0.1) is 0 Å². The normalized spacial score (nSPS) is 17.4. The van der Waals surface area contributed by atoms with Gasteiger partial charge in [-0.25, -0.2) is 4.68 Å². The SMILES string of the molecule is NCC1(c2ccc(-n3nccc3Br)cc2)CCC1. The zero-order valence-electron chi connectivity index (χ0n) is 10.1. The number of benzene rings is 1. The van der Waals surface area contributed by atoms with E-state index in [2.05, 4.69) is 45.3 Å². The van der Waals surface area contributed by atoms with Crippen LogP contribution in [0.4, 0.5) is 0 Å². The molecule has 0 saturated heterocycles. The number of rotatable bonds is 3. The van der Waals surface area contributed by atoms with Gasteiger partial charge in [-0.15, -0.1) is 0 Å². The molecule has 3 rings (SSSR count). The van der Waals surface area contributed by atoms with Gasteiger partial charge in [-0.2, -0.15) is 5.10 Å². The summed E-state index contributed by atoms with van der Waals surface area (Å²) in [4.78, 5) is 0. The number of hydrogen-bond acceptors (Lipinski definition) is 2. The second-order valence-electron chi connectivity index (χ2n) is 4.95. The van der Waals surface area contributed by atoms with E-state index >= 15 is 0 Å². The largest absolute Gasteiger partial charge is 0.330 e. The molecule has 94 valence electrons. The van der Waals surface area contributed by atoms with Crippen LogP contribution in [0.5, 0.6) is 0 Å². The minimum atomic E-state index is 0.236. The van der Waals surface area contributed by atoms with E-state index in [0.717, 1.165) is 16.8 Å². The van der Waals surface area contributed by atoms with Gasteiger partial charge >= 0.3 is 0 Å². The molecule has 0 atom stereocenters. The summed E-state index contributed by atoms with van der Waals surface area (Å²) in [5.74, 6) is 0. The third-order valence-electron chi connectivity index (χ3n) is 4.02. The highest BCUT2D eigenvalue weighted by Crippen LogP contribution is 2.42. The molecule has 0 unspecified atom stereocenters. The van der Waals surface area contributed by atoms with Crippen LogP contribution in [-0.2, 0) is 5.41 Å². The summed E-state index contributed by atoms with van der Waals surface area (Å²) in [6.45, 7) is 0.748. The van der Waals surface area contributed by atoms with Crippen LogP contribution < -0.4 is 5.73 Å². The monoisotopic (exact) mass is 305 g/mol. The first-order valence-corrected chi connectivity index (χ1v) is 7.05. The fourth-order valence-electron chi connectivity index (χ4n) is 2.65. The van der Waals surface area contributed by atoms with Crippen LogP contribution in [0.3, 0.4) is 0 Å². The lowest BCUT2D eigenvalue weighted by Crippen LogP contribution is -2.41. The second-order valence-corrected chi connectivity index (χ2v) is 5.76. The van der Waals surface area contributed by atoms with Gasteiger partial charge in [0.25, 0.3) is 0 Å². The third-order valence-corrected chi connectivity index (χ3v) is 4.62. The molecular weight excluding hydrogens is 290 g/mol. The third kappa shape index (κ3) is 1.80. The van der Waals surface area contributed by atoms with Crippen LogP contribution in [0.15, 0.2) is 41.1 Å². The zero-order valence-corrected chi connectivity index (χ0v) is 11.7. The Morgan fingerprint density at radius 1 is 1.22 bits per heavy atom. The van der Waals surface area contributed by atoms with Crippen LogP contribution in [0.25, 0.3) is 5.69 Å². The Balaban J connectivity index is 1.92. The van der Waals surface area contributed by atoms with Crippen molar-refractivity contribution in [3.63, 3.8) is 0 Å². The molecule has 3 nitrogen and oxygen atoms in total. The summed E-state index contributed by atoms with van der Waals surface area (Å²) in [6, 6.07) is 10.5. The van der Waals surface area contributed by atoms with E-state index in [1.165, 1.54) is 24.8 Å². The van der Waals surface area contributed by atoms with Crippen LogP contribution in [-0.4, -0.2) is 16.3 Å². The Morgan fingerprint density at radius 2 is 1.94 bits per heavy atom. The second kappa shape index (κ2) is 4.52. The molecule has 1 aromatic carbocycles. The summed E-state index contributed by atoms with van der Waals surface area (Å²) in [7, 11) is 0. The van der Waals surface area contributed by atoms with Crippen LogP contribution >= 0.6 is 15.9 Å². The fraction of sp³-hybridized carbons (Fsp3) is 0.357. The van der Waals surface area contributed by atoms with Crippen LogP contribution in [0.2, 0.25) is 0 Å². The Kier molecular flexibility index (Phi) is 2.99. The highest BCUT2D eigenvalue weighted by atomic mass is 79.9. The lowest BCUT2D eigenvalue weighted by Gasteiger charge is -2.41. The summed E-state index contributed by atoms with van der Waals surface area (Å²) in [6.07, 6.45) is 5.51. The van der Waals surface area contributed by atoms with Gasteiger partial charge in [0.05, 0.1) is 11.9 Å².